The molecule has 1 aliphatic carbocycles. The number of carbonyl (C=O) groups excluding carboxylic acids is 3. The zero-order chi connectivity index (χ0) is 20.0. The normalized spacial score (nSPS) is 14.9. The number of H-pyrrole nitrogens is 1. The number of allylic oxidation sites excluding steroid dienone is 1. The van der Waals surface area contributed by atoms with Gasteiger partial charge >= 0.3 is 11.9 Å². The van der Waals surface area contributed by atoms with Crippen molar-refractivity contribution in [2.24, 2.45) is 0 Å². The van der Waals surface area contributed by atoms with Crippen molar-refractivity contribution in [1.29, 1.82) is 0 Å². The number of amides is 1. The van der Waals surface area contributed by atoms with Gasteiger partial charge in [0.2, 0.25) is 0 Å². The Bertz CT molecular complexity index is 748. The van der Waals surface area contributed by atoms with Crippen molar-refractivity contribution in [1.82, 2.24) is 10.3 Å². The smallest absolute Gasteiger partial charge is 0.355 e. The number of carbonyl (C=O) groups is 3. The van der Waals surface area contributed by atoms with E-state index >= 15 is 0 Å². The SMILES string of the molecule is COC(=O)c1c(C)[nH]c(C(=O)O[C@@H](C)C(=O)NCCC2=CCCCC2)c1C. The molecule has 1 aliphatic rings. The van der Waals surface area contributed by atoms with Crippen LogP contribution in [0.1, 0.15) is 71.1 Å². The molecule has 1 atom stereocenters. The highest BCUT2D eigenvalue weighted by Crippen LogP contribution is 2.21. The highest BCUT2D eigenvalue weighted by Gasteiger charge is 2.26. The summed E-state index contributed by atoms with van der Waals surface area (Å²) in [6, 6.07) is 0. The molecule has 0 aromatic carbocycles. The van der Waals surface area contributed by atoms with Crippen molar-refractivity contribution in [2.45, 2.75) is 59.0 Å². The Kier molecular flexibility index (Phi) is 7.21. The molecule has 2 rings (SSSR count). The molecule has 0 unspecified atom stereocenters. The number of aromatic amines is 1. The minimum absolute atomic E-state index is 0.153. The summed E-state index contributed by atoms with van der Waals surface area (Å²) in [4.78, 5) is 39.2. The summed E-state index contributed by atoms with van der Waals surface area (Å²) in [5, 5.41) is 2.80. The zero-order valence-corrected chi connectivity index (χ0v) is 16.4. The molecule has 1 aromatic heterocycles. The molecule has 27 heavy (non-hydrogen) atoms. The van der Waals surface area contributed by atoms with Crippen LogP contribution in [0.25, 0.3) is 0 Å². The van der Waals surface area contributed by atoms with E-state index in [0.29, 0.717) is 23.4 Å². The zero-order valence-electron chi connectivity index (χ0n) is 16.4. The number of nitrogens with one attached hydrogen (secondary N) is 2. The highest BCUT2D eigenvalue weighted by atomic mass is 16.5. The van der Waals surface area contributed by atoms with Crippen LogP contribution in [-0.2, 0) is 14.3 Å². The summed E-state index contributed by atoms with van der Waals surface area (Å²) >= 11 is 0. The number of rotatable bonds is 7. The number of hydrogen-bond donors (Lipinski definition) is 2. The van der Waals surface area contributed by atoms with Gasteiger partial charge in [-0.05, 0) is 58.4 Å². The van der Waals surface area contributed by atoms with Crippen LogP contribution < -0.4 is 5.32 Å². The number of esters is 2. The van der Waals surface area contributed by atoms with Gasteiger partial charge < -0.3 is 19.8 Å². The Hall–Kier alpha value is -2.57. The Morgan fingerprint density at radius 3 is 2.59 bits per heavy atom. The topological polar surface area (TPSA) is 97.5 Å². The predicted octanol–water partition coefficient (Wildman–Crippen LogP) is 2.97. The Labute approximate surface area is 159 Å². The van der Waals surface area contributed by atoms with Crippen LogP contribution in [0.5, 0.6) is 0 Å². The number of aromatic nitrogens is 1. The van der Waals surface area contributed by atoms with E-state index in [4.69, 9.17) is 9.47 Å². The fourth-order valence-corrected chi connectivity index (χ4v) is 3.26. The van der Waals surface area contributed by atoms with Crippen molar-refractivity contribution in [2.75, 3.05) is 13.7 Å². The minimum Gasteiger partial charge on any atom is -0.465 e. The lowest BCUT2D eigenvalue weighted by Gasteiger charge is -2.15. The maximum Gasteiger partial charge on any atom is 0.355 e. The van der Waals surface area contributed by atoms with Crippen LogP contribution >= 0.6 is 0 Å². The van der Waals surface area contributed by atoms with Gasteiger partial charge in [-0.25, -0.2) is 9.59 Å². The van der Waals surface area contributed by atoms with Crippen LogP contribution in [-0.4, -0.2) is 42.6 Å². The van der Waals surface area contributed by atoms with E-state index in [0.717, 1.165) is 19.3 Å². The summed E-state index contributed by atoms with van der Waals surface area (Å²) in [6.45, 7) is 5.36. The largest absolute Gasteiger partial charge is 0.465 e. The quantitative estimate of drug-likeness (QED) is 0.563. The summed E-state index contributed by atoms with van der Waals surface area (Å²) < 4.78 is 9.98. The molecule has 0 fully saturated rings. The van der Waals surface area contributed by atoms with E-state index in [1.54, 1.807) is 13.8 Å². The van der Waals surface area contributed by atoms with E-state index in [9.17, 15) is 14.4 Å². The third-order valence-corrected chi connectivity index (χ3v) is 4.81. The molecule has 148 valence electrons. The molecule has 1 aromatic rings. The Balaban J connectivity index is 1.90. The molecule has 1 amide bonds. The molecule has 2 N–H and O–H groups in total. The molecule has 7 heteroatoms. The second-order valence-corrected chi connectivity index (χ2v) is 6.81. The number of methoxy groups -OCH3 is 1. The monoisotopic (exact) mass is 376 g/mol. The first-order valence-corrected chi connectivity index (χ1v) is 9.29. The van der Waals surface area contributed by atoms with E-state index in [-0.39, 0.29) is 11.6 Å². The van der Waals surface area contributed by atoms with Gasteiger partial charge in [-0.1, -0.05) is 11.6 Å². The second-order valence-electron chi connectivity index (χ2n) is 6.81. The maximum atomic E-state index is 12.4. The number of aryl methyl sites for hydroxylation is 1. The van der Waals surface area contributed by atoms with Crippen molar-refractivity contribution in [3.63, 3.8) is 0 Å². The lowest BCUT2D eigenvalue weighted by molar-refractivity contribution is -0.129. The Morgan fingerprint density at radius 1 is 1.22 bits per heavy atom. The molecule has 0 spiro atoms. The molecule has 0 saturated heterocycles. The molecular formula is C20H28N2O5. The van der Waals surface area contributed by atoms with Crippen LogP contribution in [0.2, 0.25) is 0 Å². The molecule has 0 radical (unpaired) electrons. The van der Waals surface area contributed by atoms with Gasteiger partial charge in [-0.3, -0.25) is 4.79 Å². The van der Waals surface area contributed by atoms with Crippen LogP contribution in [0.3, 0.4) is 0 Å². The van der Waals surface area contributed by atoms with Gasteiger partial charge in [-0.15, -0.1) is 0 Å². The fraction of sp³-hybridized carbons (Fsp3) is 0.550. The average molecular weight is 376 g/mol. The first-order valence-electron chi connectivity index (χ1n) is 9.29. The molecular weight excluding hydrogens is 348 g/mol. The van der Waals surface area contributed by atoms with Gasteiger partial charge in [-0.2, -0.15) is 0 Å². The summed E-state index contributed by atoms with van der Waals surface area (Å²) in [5.41, 5.74) is 2.80. The van der Waals surface area contributed by atoms with Crippen LogP contribution in [0, 0.1) is 13.8 Å². The molecule has 1 heterocycles. The molecule has 0 aliphatic heterocycles. The van der Waals surface area contributed by atoms with Crippen molar-refractivity contribution in [3.8, 4) is 0 Å². The van der Waals surface area contributed by atoms with Crippen molar-refractivity contribution < 1.29 is 23.9 Å². The molecule has 0 saturated carbocycles. The van der Waals surface area contributed by atoms with E-state index < -0.39 is 18.0 Å². The lowest BCUT2D eigenvalue weighted by atomic mass is 9.97. The Morgan fingerprint density at radius 2 is 1.96 bits per heavy atom. The first-order chi connectivity index (χ1) is 12.8. The van der Waals surface area contributed by atoms with Crippen molar-refractivity contribution in [3.05, 3.63) is 34.2 Å². The number of ether oxygens (including phenoxy) is 2. The van der Waals surface area contributed by atoms with Gasteiger partial charge in [0.25, 0.3) is 5.91 Å². The van der Waals surface area contributed by atoms with E-state index in [1.807, 2.05) is 0 Å². The van der Waals surface area contributed by atoms with Crippen LogP contribution in [0.15, 0.2) is 11.6 Å². The summed E-state index contributed by atoms with van der Waals surface area (Å²) in [6.07, 6.45) is 6.78. The standard InChI is InChI=1S/C20H28N2O5/c1-12-16(19(24)26-4)13(2)22-17(12)20(25)27-14(3)18(23)21-11-10-15-8-6-5-7-9-15/h8,14,22H,5-7,9-11H2,1-4H3,(H,21,23)/t14-/m0/s1. The third kappa shape index (κ3) is 5.21. The van der Waals surface area contributed by atoms with Gasteiger partial charge in [0, 0.05) is 12.2 Å². The van der Waals surface area contributed by atoms with E-state index in [2.05, 4.69) is 16.4 Å². The lowest BCUT2D eigenvalue weighted by Crippen LogP contribution is -2.36. The third-order valence-electron chi connectivity index (χ3n) is 4.81. The maximum absolute atomic E-state index is 12.4. The summed E-state index contributed by atoms with van der Waals surface area (Å²) in [5.74, 6) is -1.54. The van der Waals surface area contributed by atoms with E-state index in [1.165, 1.54) is 32.4 Å². The second kappa shape index (κ2) is 9.39. The number of hydrogen-bond acceptors (Lipinski definition) is 5. The van der Waals surface area contributed by atoms with Gasteiger partial charge in [0.1, 0.15) is 5.69 Å². The fourth-order valence-electron chi connectivity index (χ4n) is 3.26. The average Bonchev–Trinajstić information content (AvgIpc) is 2.96. The van der Waals surface area contributed by atoms with Crippen molar-refractivity contribution >= 4 is 17.8 Å². The minimum atomic E-state index is -0.928. The molecule has 0 bridgehead atoms. The first kappa shape index (κ1) is 20.7. The van der Waals surface area contributed by atoms with Gasteiger partial charge in [0.15, 0.2) is 6.10 Å². The predicted molar refractivity (Wildman–Crippen MR) is 101 cm³/mol. The molecule has 7 nitrogen and oxygen atoms in total. The van der Waals surface area contributed by atoms with Gasteiger partial charge in [0.05, 0.1) is 12.7 Å². The summed E-state index contributed by atoms with van der Waals surface area (Å²) in [7, 11) is 1.28. The highest BCUT2D eigenvalue weighted by molar-refractivity contribution is 5.99. The van der Waals surface area contributed by atoms with Crippen LogP contribution in [0.4, 0.5) is 0 Å².